The number of aliphatic imine (C=N–C) groups is 1. The molecule has 1 fully saturated rings. The van der Waals surface area contributed by atoms with Crippen molar-refractivity contribution in [2.45, 2.75) is 32.5 Å². The number of nitrogens with one attached hydrogen (secondary N) is 1. The Labute approximate surface area is 174 Å². The third-order valence-corrected chi connectivity index (χ3v) is 5.13. The molecule has 1 aliphatic heterocycles. The second-order valence-corrected chi connectivity index (χ2v) is 7.26. The van der Waals surface area contributed by atoms with Gasteiger partial charge in [-0.2, -0.15) is 13.2 Å². The van der Waals surface area contributed by atoms with Gasteiger partial charge in [-0.1, -0.05) is 6.92 Å². The van der Waals surface area contributed by atoms with Gasteiger partial charge >= 0.3 is 6.18 Å². The van der Waals surface area contributed by atoms with Gasteiger partial charge in [0.1, 0.15) is 6.61 Å². The maximum Gasteiger partial charge on any atom is 0.417 e. The summed E-state index contributed by atoms with van der Waals surface area (Å²) in [7, 11) is 0. The second kappa shape index (κ2) is 9.82. The van der Waals surface area contributed by atoms with Crippen LogP contribution in [0.3, 0.4) is 0 Å². The smallest absolute Gasteiger partial charge is 0.417 e. The molecule has 164 valence electrons. The van der Waals surface area contributed by atoms with E-state index >= 15 is 0 Å². The van der Waals surface area contributed by atoms with Gasteiger partial charge < -0.3 is 19.5 Å². The van der Waals surface area contributed by atoms with Gasteiger partial charge in [0.15, 0.2) is 5.96 Å². The standard InChI is InChI=1S/C20H27F3N6O/c1-3-25-19(28-9-6-15(2)17(13-28)29-10-7-24-14-29)26-8-11-30-18-5-4-16(12-27-18)20(21,22)23/h4-5,7,10,12,14-15,17H,3,6,8-9,11,13H2,1-2H3,(H,25,26). The third kappa shape index (κ3) is 5.64. The van der Waals surface area contributed by atoms with Crippen LogP contribution in [0.25, 0.3) is 0 Å². The molecule has 3 heterocycles. The second-order valence-electron chi connectivity index (χ2n) is 7.26. The van der Waals surface area contributed by atoms with Crippen molar-refractivity contribution in [3.05, 3.63) is 42.6 Å². The van der Waals surface area contributed by atoms with E-state index in [4.69, 9.17) is 4.74 Å². The first kappa shape index (κ1) is 21.9. The summed E-state index contributed by atoms with van der Waals surface area (Å²) in [6.07, 6.45) is 3.03. The molecule has 0 amide bonds. The number of imidazole rings is 1. The lowest BCUT2D eigenvalue weighted by Gasteiger charge is -2.39. The molecular weight excluding hydrogens is 397 g/mol. The van der Waals surface area contributed by atoms with Gasteiger partial charge in [-0.05, 0) is 25.3 Å². The summed E-state index contributed by atoms with van der Waals surface area (Å²) >= 11 is 0. The van der Waals surface area contributed by atoms with Gasteiger partial charge in [0, 0.05) is 44.3 Å². The number of hydrogen-bond acceptors (Lipinski definition) is 4. The Morgan fingerprint density at radius 3 is 2.83 bits per heavy atom. The molecule has 0 aliphatic carbocycles. The average molecular weight is 424 g/mol. The molecule has 1 aliphatic rings. The molecule has 0 radical (unpaired) electrons. The van der Waals surface area contributed by atoms with Gasteiger partial charge in [0.25, 0.3) is 0 Å². The minimum absolute atomic E-state index is 0.148. The number of alkyl halides is 3. The molecule has 1 saturated heterocycles. The fourth-order valence-corrected chi connectivity index (χ4v) is 3.46. The van der Waals surface area contributed by atoms with Crippen LogP contribution in [0, 0.1) is 5.92 Å². The van der Waals surface area contributed by atoms with Crippen LogP contribution >= 0.6 is 0 Å². The SMILES string of the molecule is CCNC(=NCCOc1ccc(C(F)(F)F)cn1)N1CCC(C)C(n2ccnc2)C1. The predicted octanol–water partition coefficient (Wildman–Crippen LogP) is 3.22. The molecule has 30 heavy (non-hydrogen) atoms. The van der Waals surface area contributed by atoms with Gasteiger partial charge in [-0.15, -0.1) is 0 Å². The van der Waals surface area contributed by atoms with Gasteiger partial charge in [0.2, 0.25) is 5.88 Å². The lowest BCUT2D eigenvalue weighted by atomic mass is 9.93. The monoisotopic (exact) mass is 424 g/mol. The summed E-state index contributed by atoms with van der Waals surface area (Å²) in [6.45, 7) is 7.32. The summed E-state index contributed by atoms with van der Waals surface area (Å²) in [5.74, 6) is 1.49. The Bertz CT molecular complexity index is 807. The van der Waals surface area contributed by atoms with E-state index in [9.17, 15) is 13.2 Å². The highest BCUT2D eigenvalue weighted by atomic mass is 19.4. The van der Waals surface area contributed by atoms with E-state index in [0.717, 1.165) is 44.3 Å². The van der Waals surface area contributed by atoms with E-state index in [-0.39, 0.29) is 12.5 Å². The van der Waals surface area contributed by atoms with E-state index < -0.39 is 11.7 Å². The Balaban J connectivity index is 1.56. The minimum atomic E-state index is -4.41. The van der Waals surface area contributed by atoms with Crippen molar-refractivity contribution < 1.29 is 17.9 Å². The van der Waals surface area contributed by atoms with Crippen LogP contribution in [0.1, 0.15) is 31.9 Å². The molecule has 2 unspecified atom stereocenters. The zero-order valence-electron chi connectivity index (χ0n) is 17.1. The van der Waals surface area contributed by atoms with E-state index in [2.05, 4.69) is 36.7 Å². The molecule has 0 aromatic carbocycles. The summed E-state index contributed by atoms with van der Waals surface area (Å²) in [6, 6.07) is 2.50. The highest BCUT2D eigenvalue weighted by Gasteiger charge is 2.31. The van der Waals surface area contributed by atoms with E-state index in [0.29, 0.717) is 18.5 Å². The fourth-order valence-electron chi connectivity index (χ4n) is 3.46. The maximum absolute atomic E-state index is 12.6. The van der Waals surface area contributed by atoms with Gasteiger partial charge in [-0.25, -0.2) is 15.0 Å². The number of aromatic nitrogens is 3. The average Bonchev–Trinajstić information content (AvgIpc) is 3.25. The zero-order valence-corrected chi connectivity index (χ0v) is 17.1. The third-order valence-electron chi connectivity index (χ3n) is 5.13. The van der Waals surface area contributed by atoms with Crippen molar-refractivity contribution >= 4 is 5.96 Å². The predicted molar refractivity (Wildman–Crippen MR) is 107 cm³/mol. The van der Waals surface area contributed by atoms with Gasteiger partial charge in [0.05, 0.1) is 24.5 Å². The first-order chi connectivity index (χ1) is 14.4. The first-order valence-electron chi connectivity index (χ1n) is 10.0. The lowest BCUT2D eigenvalue weighted by molar-refractivity contribution is -0.137. The molecule has 3 rings (SSSR count). The summed E-state index contributed by atoms with van der Waals surface area (Å²) in [4.78, 5) is 14.7. The molecule has 0 bridgehead atoms. The number of guanidine groups is 1. The Hall–Kier alpha value is -2.78. The van der Waals surface area contributed by atoms with Crippen LogP contribution in [-0.4, -0.2) is 58.2 Å². The number of likely N-dealkylation sites (tertiary alicyclic amines) is 1. The molecular formula is C20H27F3N6O. The van der Waals surface area contributed by atoms with Crippen LogP contribution in [0.15, 0.2) is 42.0 Å². The van der Waals surface area contributed by atoms with Crippen LogP contribution in [0.2, 0.25) is 0 Å². The molecule has 10 heteroatoms. The minimum Gasteiger partial charge on any atom is -0.476 e. The number of hydrogen-bond donors (Lipinski definition) is 1. The lowest BCUT2D eigenvalue weighted by Crippen LogP contribution is -2.49. The number of piperidine rings is 1. The molecule has 7 nitrogen and oxygen atoms in total. The van der Waals surface area contributed by atoms with E-state index in [1.54, 1.807) is 6.20 Å². The topological polar surface area (TPSA) is 67.6 Å². The molecule has 0 saturated carbocycles. The quantitative estimate of drug-likeness (QED) is 0.438. The Morgan fingerprint density at radius 2 is 2.20 bits per heavy atom. The fraction of sp³-hybridized carbons (Fsp3) is 0.550. The van der Waals surface area contributed by atoms with E-state index in [1.165, 1.54) is 6.07 Å². The van der Waals surface area contributed by atoms with Crippen LogP contribution < -0.4 is 10.1 Å². The van der Waals surface area contributed by atoms with Crippen molar-refractivity contribution in [2.75, 3.05) is 32.8 Å². The summed E-state index contributed by atoms with van der Waals surface area (Å²) in [5, 5.41) is 3.31. The van der Waals surface area contributed by atoms with Crippen molar-refractivity contribution in [1.82, 2.24) is 24.8 Å². The molecule has 1 N–H and O–H groups in total. The number of ether oxygens (including phenoxy) is 1. The largest absolute Gasteiger partial charge is 0.476 e. The van der Waals surface area contributed by atoms with Crippen LogP contribution in [0.4, 0.5) is 13.2 Å². The highest BCUT2D eigenvalue weighted by Crippen LogP contribution is 2.29. The van der Waals surface area contributed by atoms with Crippen molar-refractivity contribution in [3.8, 4) is 5.88 Å². The first-order valence-corrected chi connectivity index (χ1v) is 10.0. The Kier molecular flexibility index (Phi) is 7.17. The van der Waals surface area contributed by atoms with Crippen LogP contribution in [0.5, 0.6) is 5.88 Å². The van der Waals surface area contributed by atoms with Gasteiger partial charge in [-0.3, -0.25) is 0 Å². The molecule has 2 aromatic heterocycles. The van der Waals surface area contributed by atoms with Crippen molar-refractivity contribution in [1.29, 1.82) is 0 Å². The maximum atomic E-state index is 12.6. The number of halogens is 3. The number of nitrogens with zero attached hydrogens (tertiary/aromatic N) is 5. The number of pyridine rings is 1. The molecule has 2 atom stereocenters. The van der Waals surface area contributed by atoms with Crippen LogP contribution in [-0.2, 0) is 6.18 Å². The summed E-state index contributed by atoms with van der Waals surface area (Å²) < 4.78 is 45.4. The van der Waals surface area contributed by atoms with Crippen molar-refractivity contribution in [3.63, 3.8) is 0 Å². The van der Waals surface area contributed by atoms with E-state index in [1.807, 2.05) is 19.4 Å². The summed E-state index contributed by atoms with van der Waals surface area (Å²) in [5.41, 5.74) is -0.797. The number of rotatable bonds is 6. The highest BCUT2D eigenvalue weighted by molar-refractivity contribution is 5.80. The molecule has 2 aromatic rings. The molecule has 0 spiro atoms. The zero-order chi connectivity index (χ0) is 21.6. The van der Waals surface area contributed by atoms with Crippen molar-refractivity contribution in [2.24, 2.45) is 10.9 Å². The Morgan fingerprint density at radius 1 is 1.37 bits per heavy atom. The normalized spacial score (nSPS) is 20.3.